The zero-order valence-electron chi connectivity index (χ0n) is 17.3. The monoisotopic (exact) mass is 415 g/mol. The van der Waals surface area contributed by atoms with Crippen molar-refractivity contribution < 1.29 is 9.21 Å². The molecule has 0 bridgehead atoms. The number of nitrogens with one attached hydrogen (secondary N) is 1. The molecule has 0 unspecified atom stereocenters. The molecule has 0 spiro atoms. The molecule has 158 valence electrons. The van der Waals surface area contributed by atoms with E-state index in [9.17, 15) is 4.79 Å². The van der Waals surface area contributed by atoms with Crippen molar-refractivity contribution in [2.75, 3.05) is 18.0 Å². The molecule has 4 rings (SSSR count). The Bertz CT molecular complexity index is 1030. The van der Waals surface area contributed by atoms with E-state index < -0.39 is 6.04 Å². The second-order valence-electron chi connectivity index (χ2n) is 7.73. The van der Waals surface area contributed by atoms with Gasteiger partial charge in [-0.25, -0.2) is 0 Å². The van der Waals surface area contributed by atoms with Crippen molar-refractivity contribution in [2.24, 2.45) is 0 Å². The number of aromatic nitrogens is 2. The average Bonchev–Trinajstić information content (AvgIpc) is 3.15. The maximum atomic E-state index is 12.9. The summed E-state index contributed by atoms with van der Waals surface area (Å²) in [6, 6.07) is 18.6. The zero-order valence-corrected chi connectivity index (χ0v) is 17.3. The van der Waals surface area contributed by atoms with Crippen molar-refractivity contribution in [1.82, 2.24) is 15.5 Å². The van der Waals surface area contributed by atoms with Crippen molar-refractivity contribution in [3.05, 3.63) is 77.2 Å². The van der Waals surface area contributed by atoms with Gasteiger partial charge in [0, 0.05) is 25.1 Å². The molecule has 1 aliphatic heterocycles. The Morgan fingerprint density at radius 2 is 1.74 bits per heavy atom. The van der Waals surface area contributed by atoms with E-state index in [1.54, 1.807) is 24.3 Å². The number of hydrogen-bond donors (Lipinski definition) is 1. The molecular formula is C24H25N5O2. The highest BCUT2D eigenvalue weighted by Crippen LogP contribution is 2.23. The lowest BCUT2D eigenvalue weighted by Crippen LogP contribution is -2.30. The summed E-state index contributed by atoms with van der Waals surface area (Å²) in [4.78, 5) is 15.0. The van der Waals surface area contributed by atoms with Crippen molar-refractivity contribution in [3.8, 4) is 6.07 Å². The Balaban J connectivity index is 1.55. The molecule has 0 aliphatic carbocycles. The van der Waals surface area contributed by atoms with E-state index in [0.29, 0.717) is 29.5 Å². The van der Waals surface area contributed by atoms with E-state index in [1.807, 2.05) is 30.3 Å². The maximum absolute atomic E-state index is 12.9. The third kappa shape index (κ3) is 5.28. The highest BCUT2D eigenvalue weighted by atomic mass is 16.4. The van der Waals surface area contributed by atoms with Gasteiger partial charge in [0.05, 0.1) is 11.6 Å². The molecule has 1 aromatic heterocycles. The minimum absolute atomic E-state index is 0.250. The molecule has 2 aromatic carbocycles. The van der Waals surface area contributed by atoms with E-state index in [-0.39, 0.29) is 5.91 Å². The Kier molecular flexibility index (Phi) is 6.58. The Morgan fingerprint density at radius 3 is 2.42 bits per heavy atom. The molecular weight excluding hydrogens is 390 g/mol. The summed E-state index contributed by atoms with van der Waals surface area (Å²) in [5.41, 5.74) is 2.04. The van der Waals surface area contributed by atoms with Crippen LogP contribution >= 0.6 is 0 Å². The van der Waals surface area contributed by atoms with Gasteiger partial charge in [-0.3, -0.25) is 4.79 Å². The summed E-state index contributed by atoms with van der Waals surface area (Å²) in [5, 5.41) is 20.5. The van der Waals surface area contributed by atoms with Crippen LogP contribution in [-0.2, 0) is 6.42 Å². The number of benzene rings is 2. The Hall–Kier alpha value is -3.66. The predicted molar refractivity (Wildman–Crippen MR) is 116 cm³/mol. The molecule has 1 saturated heterocycles. The Morgan fingerprint density at radius 1 is 1.03 bits per heavy atom. The molecule has 7 heteroatoms. The number of carbonyl (C=O) groups excluding carboxylic acids is 1. The maximum Gasteiger partial charge on any atom is 0.318 e. The van der Waals surface area contributed by atoms with Gasteiger partial charge in [0.1, 0.15) is 6.04 Å². The fourth-order valence-electron chi connectivity index (χ4n) is 3.74. The van der Waals surface area contributed by atoms with Crippen LogP contribution in [-0.4, -0.2) is 29.2 Å². The van der Waals surface area contributed by atoms with E-state index in [4.69, 9.17) is 9.68 Å². The van der Waals surface area contributed by atoms with Crippen LogP contribution in [0.1, 0.15) is 59.1 Å². The van der Waals surface area contributed by atoms with Gasteiger partial charge in [-0.1, -0.05) is 48.3 Å². The topological polar surface area (TPSA) is 95.0 Å². The van der Waals surface area contributed by atoms with E-state index in [0.717, 1.165) is 31.5 Å². The number of hydrogen-bond acceptors (Lipinski definition) is 6. The SMILES string of the molecule is N#Cc1ccc(C(=O)N[C@@H](Cc2ccccc2)c2nnc(N3CCCCCC3)o2)cc1. The standard InChI is InChI=1S/C24H25N5O2/c25-17-19-10-12-20(13-11-19)22(30)26-21(16-18-8-4-3-5-9-18)23-27-28-24(31-23)29-14-6-1-2-7-15-29/h3-5,8-13,21H,1-2,6-7,14-16H2,(H,26,30)/t21-/m0/s1. The number of nitriles is 1. The lowest BCUT2D eigenvalue weighted by atomic mass is 10.0. The van der Waals surface area contributed by atoms with Crippen LogP contribution in [0.25, 0.3) is 0 Å². The lowest BCUT2D eigenvalue weighted by molar-refractivity contribution is 0.0930. The summed E-state index contributed by atoms with van der Waals surface area (Å²) >= 11 is 0. The van der Waals surface area contributed by atoms with Gasteiger partial charge >= 0.3 is 6.01 Å². The summed E-state index contributed by atoms with van der Waals surface area (Å²) in [6.07, 6.45) is 5.19. The predicted octanol–water partition coefficient (Wildman–Crippen LogP) is 4.04. The first-order valence-corrected chi connectivity index (χ1v) is 10.7. The minimum atomic E-state index is -0.459. The first kappa shape index (κ1) is 20.6. The van der Waals surface area contributed by atoms with Crippen molar-refractivity contribution in [2.45, 2.75) is 38.1 Å². The summed E-state index contributed by atoms with van der Waals surface area (Å²) in [6.45, 7) is 1.81. The van der Waals surface area contributed by atoms with Crippen molar-refractivity contribution in [1.29, 1.82) is 5.26 Å². The molecule has 0 radical (unpaired) electrons. The highest BCUT2D eigenvalue weighted by Gasteiger charge is 2.24. The van der Waals surface area contributed by atoms with E-state index in [2.05, 4.69) is 26.5 Å². The summed E-state index contributed by atoms with van der Waals surface area (Å²) < 4.78 is 6.03. The smallest absolute Gasteiger partial charge is 0.318 e. The minimum Gasteiger partial charge on any atom is -0.406 e. The second-order valence-corrected chi connectivity index (χ2v) is 7.73. The van der Waals surface area contributed by atoms with Gasteiger partial charge in [-0.2, -0.15) is 5.26 Å². The van der Waals surface area contributed by atoms with Crippen LogP contribution in [0.2, 0.25) is 0 Å². The molecule has 1 amide bonds. The fourth-order valence-corrected chi connectivity index (χ4v) is 3.74. The molecule has 1 fully saturated rings. The van der Waals surface area contributed by atoms with Crippen LogP contribution in [0.4, 0.5) is 6.01 Å². The van der Waals surface area contributed by atoms with Gasteiger partial charge in [0.25, 0.3) is 5.91 Å². The molecule has 1 N–H and O–H groups in total. The van der Waals surface area contributed by atoms with Crippen LogP contribution in [0.3, 0.4) is 0 Å². The zero-order chi connectivity index (χ0) is 21.5. The molecule has 3 aromatic rings. The third-order valence-corrected chi connectivity index (χ3v) is 5.47. The number of rotatable bonds is 6. The van der Waals surface area contributed by atoms with Crippen molar-refractivity contribution in [3.63, 3.8) is 0 Å². The van der Waals surface area contributed by atoms with Gasteiger partial charge in [0.2, 0.25) is 5.89 Å². The molecule has 0 saturated carbocycles. The molecule has 1 aliphatic rings. The van der Waals surface area contributed by atoms with Crippen LogP contribution in [0.15, 0.2) is 59.0 Å². The fraction of sp³-hybridized carbons (Fsp3) is 0.333. The van der Waals surface area contributed by atoms with Crippen LogP contribution in [0.5, 0.6) is 0 Å². The van der Waals surface area contributed by atoms with E-state index >= 15 is 0 Å². The molecule has 7 nitrogen and oxygen atoms in total. The Labute approximate surface area is 181 Å². The first-order chi connectivity index (χ1) is 15.2. The number of anilines is 1. The first-order valence-electron chi connectivity index (χ1n) is 10.7. The van der Waals surface area contributed by atoms with Crippen LogP contribution < -0.4 is 10.2 Å². The van der Waals surface area contributed by atoms with Crippen LogP contribution in [0, 0.1) is 11.3 Å². The van der Waals surface area contributed by atoms with Crippen molar-refractivity contribution >= 4 is 11.9 Å². The third-order valence-electron chi connectivity index (χ3n) is 5.47. The van der Waals surface area contributed by atoms with Gasteiger partial charge in [0.15, 0.2) is 0 Å². The molecule has 31 heavy (non-hydrogen) atoms. The number of carbonyl (C=O) groups is 1. The normalized spacial score (nSPS) is 15.0. The number of amides is 1. The summed E-state index contributed by atoms with van der Waals surface area (Å²) in [7, 11) is 0. The van der Waals surface area contributed by atoms with Gasteiger partial charge in [-0.15, -0.1) is 5.10 Å². The average molecular weight is 415 g/mol. The van der Waals surface area contributed by atoms with E-state index in [1.165, 1.54) is 12.8 Å². The largest absolute Gasteiger partial charge is 0.406 e. The number of nitrogens with zero attached hydrogens (tertiary/aromatic N) is 4. The van der Waals surface area contributed by atoms with Gasteiger partial charge in [-0.05, 0) is 42.7 Å². The second kappa shape index (κ2) is 9.90. The van der Waals surface area contributed by atoms with Gasteiger partial charge < -0.3 is 14.6 Å². The molecule has 2 heterocycles. The summed E-state index contributed by atoms with van der Waals surface area (Å²) in [5.74, 6) is 0.144. The quantitative estimate of drug-likeness (QED) is 0.653. The highest BCUT2D eigenvalue weighted by molar-refractivity contribution is 5.94. The lowest BCUT2D eigenvalue weighted by Gasteiger charge is -2.18. The molecule has 1 atom stereocenters.